The van der Waals surface area contributed by atoms with Crippen LogP contribution in [0.25, 0.3) is 0 Å². The van der Waals surface area contributed by atoms with Gasteiger partial charge >= 0.3 is 0 Å². The Morgan fingerprint density at radius 3 is 2.92 bits per heavy atom. The fourth-order valence-corrected chi connectivity index (χ4v) is 1.77. The van der Waals surface area contributed by atoms with E-state index in [0.717, 1.165) is 6.42 Å². The average Bonchev–Trinajstić information content (AvgIpc) is 2.46. The molecule has 68 valence electrons. The molecule has 1 aliphatic rings. The highest BCUT2D eigenvalue weighted by atomic mass is 16.2. The number of rotatable bonds is 1. The molecule has 0 amide bonds. The van der Waals surface area contributed by atoms with Crippen LogP contribution in [0.1, 0.15) is 5.56 Å². The van der Waals surface area contributed by atoms with Crippen LogP contribution >= 0.6 is 0 Å². The van der Waals surface area contributed by atoms with Gasteiger partial charge < -0.3 is 10.0 Å². The van der Waals surface area contributed by atoms with Gasteiger partial charge in [0.1, 0.15) is 0 Å². The fourth-order valence-electron chi connectivity index (χ4n) is 1.77. The van der Waals surface area contributed by atoms with E-state index < -0.39 is 0 Å². The summed E-state index contributed by atoms with van der Waals surface area (Å²) in [5.41, 5.74) is 3.77. The number of aliphatic hydroxyl groups is 1. The Morgan fingerprint density at radius 1 is 1.46 bits per heavy atom. The number of fused-ring (bicyclic) bond motifs is 1. The maximum absolute atomic E-state index is 8.82. The SMILES string of the molecule is CN1/C(=C/CO)Cc2ccccc21. The number of benzene rings is 1. The minimum absolute atomic E-state index is 0.119. The molecule has 0 bridgehead atoms. The van der Waals surface area contributed by atoms with Gasteiger partial charge in [0.05, 0.1) is 6.61 Å². The predicted octanol–water partition coefficient (Wildman–Crippen LogP) is 1.56. The van der Waals surface area contributed by atoms with Crippen LogP contribution in [-0.4, -0.2) is 18.8 Å². The summed E-state index contributed by atoms with van der Waals surface area (Å²) in [5.74, 6) is 0. The zero-order chi connectivity index (χ0) is 9.26. The zero-order valence-corrected chi connectivity index (χ0v) is 7.70. The highest BCUT2D eigenvalue weighted by Gasteiger charge is 2.18. The predicted molar refractivity (Wildman–Crippen MR) is 53.7 cm³/mol. The quantitative estimate of drug-likeness (QED) is 0.700. The first-order valence-electron chi connectivity index (χ1n) is 4.44. The van der Waals surface area contributed by atoms with Gasteiger partial charge in [-0.25, -0.2) is 0 Å². The highest BCUT2D eigenvalue weighted by Crippen LogP contribution is 2.32. The van der Waals surface area contributed by atoms with Crippen molar-refractivity contribution in [2.24, 2.45) is 0 Å². The Hall–Kier alpha value is -1.28. The summed E-state index contributed by atoms with van der Waals surface area (Å²) >= 11 is 0. The molecule has 2 nitrogen and oxygen atoms in total. The van der Waals surface area contributed by atoms with Crippen LogP contribution in [-0.2, 0) is 6.42 Å². The molecule has 1 aromatic carbocycles. The zero-order valence-electron chi connectivity index (χ0n) is 7.70. The van der Waals surface area contributed by atoms with Crippen molar-refractivity contribution in [1.82, 2.24) is 0 Å². The standard InChI is InChI=1S/C11H13NO/c1-12-10(6-7-13)8-9-4-2-3-5-11(9)12/h2-6,13H,7-8H2,1H3/b10-6+. The van der Waals surface area contributed by atoms with Crippen molar-refractivity contribution >= 4 is 5.69 Å². The van der Waals surface area contributed by atoms with Gasteiger partial charge in [0.25, 0.3) is 0 Å². The number of hydrogen-bond acceptors (Lipinski definition) is 2. The maximum atomic E-state index is 8.82. The van der Waals surface area contributed by atoms with Gasteiger partial charge in [0, 0.05) is 24.9 Å². The number of anilines is 1. The Labute approximate surface area is 78.1 Å². The smallest absolute Gasteiger partial charge is 0.0632 e. The van der Waals surface area contributed by atoms with Crippen molar-refractivity contribution < 1.29 is 5.11 Å². The second kappa shape index (κ2) is 3.23. The Kier molecular flexibility index (Phi) is 2.07. The number of nitrogens with zero attached hydrogens (tertiary/aromatic N) is 1. The number of aliphatic hydroxyl groups excluding tert-OH is 1. The topological polar surface area (TPSA) is 23.5 Å². The molecule has 1 N–H and O–H groups in total. The number of allylic oxidation sites excluding steroid dienone is 1. The summed E-state index contributed by atoms with van der Waals surface area (Å²) in [7, 11) is 2.04. The van der Waals surface area contributed by atoms with Crippen LogP contribution in [0.5, 0.6) is 0 Å². The molecular formula is C11H13NO. The lowest BCUT2D eigenvalue weighted by molar-refractivity contribution is 0.341. The summed E-state index contributed by atoms with van der Waals surface area (Å²) in [5, 5.41) is 8.82. The van der Waals surface area contributed by atoms with Crippen molar-refractivity contribution in [3.8, 4) is 0 Å². The molecule has 13 heavy (non-hydrogen) atoms. The van der Waals surface area contributed by atoms with Crippen LogP contribution < -0.4 is 4.90 Å². The van der Waals surface area contributed by atoms with Gasteiger partial charge in [-0.3, -0.25) is 0 Å². The van der Waals surface area contributed by atoms with E-state index in [2.05, 4.69) is 23.1 Å². The molecule has 0 aromatic heterocycles. The van der Waals surface area contributed by atoms with Gasteiger partial charge in [-0.05, 0) is 17.7 Å². The van der Waals surface area contributed by atoms with Crippen molar-refractivity contribution in [3.05, 3.63) is 41.6 Å². The number of para-hydroxylation sites is 1. The molecule has 1 heterocycles. The summed E-state index contributed by atoms with van der Waals surface area (Å²) in [4.78, 5) is 2.13. The third-order valence-corrected chi connectivity index (χ3v) is 2.48. The van der Waals surface area contributed by atoms with Crippen LogP contribution in [0, 0.1) is 0 Å². The summed E-state index contributed by atoms with van der Waals surface area (Å²) in [6.45, 7) is 0.119. The van der Waals surface area contributed by atoms with E-state index in [1.54, 1.807) is 0 Å². The molecule has 0 atom stereocenters. The second-order valence-electron chi connectivity index (χ2n) is 3.24. The Morgan fingerprint density at radius 2 is 2.23 bits per heavy atom. The molecule has 0 saturated carbocycles. The van der Waals surface area contributed by atoms with Crippen LogP contribution in [0.4, 0.5) is 5.69 Å². The third kappa shape index (κ3) is 1.33. The first-order valence-corrected chi connectivity index (χ1v) is 4.44. The Balaban J connectivity index is 2.38. The normalized spacial score (nSPS) is 18.0. The van der Waals surface area contributed by atoms with Crippen molar-refractivity contribution in [1.29, 1.82) is 0 Å². The van der Waals surface area contributed by atoms with Crippen molar-refractivity contribution in [2.75, 3.05) is 18.6 Å². The van der Waals surface area contributed by atoms with E-state index in [4.69, 9.17) is 5.11 Å². The lowest BCUT2D eigenvalue weighted by Crippen LogP contribution is -2.11. The van der Waals surface area contributed by atoms with Crippen molar-refractivity contribution in [2.45, 2.75) is 6.42 Å². The Bertz CT molecular complexity index is 344. The molecule has 0 radical (unpaired) electrons. The monoisotopic (exact) mass is 175 g/mol. The molecular weight excluding hydrogens is 162 g/mol. The number of hydrogen-bond donors (Lipinski definition) is 1. The lowest BCUT2D eigenvalue weighted by atomic mass is 10.1. The van der Waals surface area contributed by atoms with E-state index in [1.165, 1.54) is 16.9 Å². The molecule has 0 fully saturated rings. The van der Waals surface area contributed by atoms with Gasteiger partial charge in [-0.1, -0.05) is 18.2 Å². The van der Waals surface area contributed by atoms with Crippen LogP contribution in [0.3, 0.4) is 0 Å². The molecule has 0 spiro atoms. The van der Waals surface area contributed by atoms with E-state index in [1.807, 2.05) is 19.2 Å². The van der Waals surface area contributed by atoms with Gasteiger partial charge in [0.15, 0.2) is 0 Å². The van der Waals surface area contributed by atoms with E-state index in [-0.39, 0.29) is 6.61 Å². The average molecular weight is 175 g/mol. The van der Waals surface area contributed by atoms with E-state index in [0.29, 0.717) is 0 Å². The minimum atomic E-state index is 0.119. The molecule has 2 heteroatoms. The number of likely N-dealkylation sites (N-methyl/N-ethyl adjacent to an activating group) is 1. The molecule has 0 saturated heterocycles. The fraction of sp³-hybridized carbons (Fsp3) is 0.273. The molecule has 0 unspecified atom stereocenters. The molecule has 2 rings (SSSR count). The van der Waals surface area contributed by atoms with Gasteiger partial charge in [-0.2, -0.15) is 0 Å². The second-order valence-corrected chi connectivity index (χ2v) is 3.24. The van der Waals surface area contributed by atoms with Crippen LogP contribution in [0.2, 0.25) is 0 Å². The van der Waals surface area contributed by atoms with Crippen LogP contribution in [0.15, 0.2) is 36.0 Å². The lowest BCUT2D eigenvalue weighted by Gasteiger charge is -2.13. The molecule has 0 aliphatic carbocycles. The van der Waals surface area contributed by atoms with Gasteiger partial charge in [0.2, 0.25) is 0 Å². The summed E-state index contributed by atoms with van der Waals surface area (Å²) in [6.07, 6.45) is 2.80. The first-order chi connectivity index (χ1) is 6.33. The third-order valence-electron chi connectivity index (χ3n) is 2.48. The van der Waals surface area contributed by atoms with Crippen molar-refractivity contribution in [3.63, 3.8) is 0 Å². The maximum Gasteiger partial charge on any atom is 0.0632 e. The minimum Gasteiger partial charge on any atom is -0.392 e. The van der Waals surface area contributed by atoms with Gasteiger partial charge in [-0.15, -0.1) is 0 Å². The molecule has 1 aliphatic heterocycles. The summed E-state index contributed by atoms with van der Waals surface area (Å²) in [6, 6.07) is 8.32. The van der Waals surface area contributed by atoms with E-state index >= 15 is 0 Å². The largest absolute Gasteiger partial charge is 0.392 e. The van der Waals surface area contributed by atoms with E-state index in [9.17, 15) is 0 Å². The first kappa shape index (κ1) is 8.32. The molecule has 1 aromatic rings. The summed E-state index contributed by atoms with van der Waals surface area (Å²) < 4.78 is 0. The highest BCUT2D eigenvalue weighted by molar-refractivity contribution is 5.64.